The number of nitrogens with one attached hydrogen (secondary N) is 1. The van der Waals surface area contributed by atoms with Gasteiger partial charge in [0.05, 0.1) is 6.61 Å². The Morgan fingerprint density at radius 2 is 1.95 bits per heavy atom. The molecule has 0 aliphatic rings. The van der Waals surface area contributed by atoms with Crippen molar-refractivity contribution in [1.29, 1.82) is 0 Å². The van der Waals surface area contributed by atoms with Gasteiger partial charge in [-0.1, -0.05) is 0 Å². The molecule has 0 aliphatic heterocycles. The molecule has 0 bridgehead atoms. The number of ether oxygens (including phenoxy) is 2. The fourth-order valence-corrected chi connectivity index (χ4v) is 2.00. The predicted octanol–water partition coefficient (Wildman–Crippen LogP) is 3.39. The average Bonchev–Trinajstić information content (AvgIpc) is 2.33. The summed E-state index contributed by atoms with van der Waals surface area (Å²) < 4.78 is 11.4. The lowest BCUT2D eigenvalue weighted by Gasteiger charge is -2.23. The summed E-state index contributed by atoms with van der Waals surface area (Å²) in [6.07, 6.45) is -0.00737. The van der Waals surface area contributed by atoms with Crippen LogP contribution in [-0.2, 0) is 11.3 Å². The predicted molar refractivity (Wildman–Crippen MR) is 86.9 cm³/mol. The minimum Gasteiger partial charge on any atom is -0.472 e. The number of aromatic nitrogens is 1. The van der Waals surface area contributed by atoms with Crippen molar-refractivity contribution >= 4 is 0 Å². The molecule has 1 heterocycles. The van der Waals surface area contributed by atoms with Crippen LogP contribution in [0.2, 0.25) is 0 Å². The highest BCUT2D eigenvalue weighted by atomic mass is 16.5. The second kappa shape index (κ2) is 7.76. The molecule has 4 nitrogen and oxygen atoms in total. The van der Waals surface area contributed by atoms with Gasteiger partial charge in [0.15, 0.2) is 0 Å². The van der Waals surface area contributed by atoms with Crippen LogP contribution in [0.4, 0.5) is 0 Å². The lowest BCUT2D eigenvalue weighted by molar-refractivity contribution is 0.0625. The van der Waals surface area contributed by atoms with Crippen LogP contribution in [0.15, 0.2) is 6.07 Å². The van der Waals surface area contributed by atoms with E-state index in [9.17, 15) is 0 Å². The van der Waals surface area contributed by atoms with E-state index in [2.05, 4.69) is 44.1 Å². The monoisotopic (exact) mass is 294 g/mol. The fraction of sp³-hybridized carbons (Fsp3) is 0.706. The molecule has 0 amide bonds. The topological polar surface area (TPSA) is 43.4 Å². The first-order valence-corrected chi connectivity index (χ1v) is 7.69. The van der Waals surface area contributed by atoms with Crippen molar-refractivity contribution < 1.29 is 9.47 Å². The summed E-state index contributed by atoms with van der Waals surface area (Å²) in [5, 5.41) is 3.50. The Labute approximate surface area is 129 Å². The molecule has 1 unspecified atom stereocenters. The van der Waals surface area contributed by atoms with E-state index >= 15 is 0 Å². The SMILES string of the molecule is CCOCC(C)Oc1nc(C)cc(C)c1CNC(C)(C)C. The highest BCUT2D eigenvalue weighted by Crippen LogP contribution is 2.23. The third-order valence-corrected chi connectivity index (χ3v) is 3.10. The maximum Gasteiger partial charge on any atom is 0.218 e. The number of pyridine rings is 1. The molecular formula is C17H30N2O2. The zero-order valence-corrected chi connectivity index (χ0v) is 14.5. The average molecular weight is 294 g/mol. The first-order valence-electron chi connectivity index (χ1n) is 7.69. The van der Waals surface area contributed by atoms with E-state index in [-0.39, 0.29) is 11.6 Å². The van der Waals surface area contributed by atoms with Crippen LogP contribution in [0.1, 0.15) is 51.4 Å². The summed E-state index contributed by atoms with van der Waals surface area (Å²) in [6, 6.07) is 2.10. The van der Waals surface area contributed by atoms with Crippen LogP contribution in [0.5, 0.6) is 5.88 Å². The molecule has 0 radical (unpaired) electrons. The molecule has 1 rings (SSSR count). The summed E-state index contributed by atoms with van der Waals surface area (Å²) in [4.78, 5) is 4.56. The standard InChI is InChI=1S/C17H30N2O2/c1-8-20-11-14(4)21-16-15(10-18-17(5,6)7)12(2)9-13(3)19-16/h9,14,18H,8,10-11H2,1-7H3. The second-order valence-electron chi connectivity index (χ2n) is 6.56. The van der Waals surface area contributed by atoms with E-state index in [4.69, 9.17) is 9.47 Å². The molecule has 0 saturated carbocycles. The van der Waals surface area contributed by atoms with Gasteiger partial charge in [0.25, 0.3) is 0 Å². The highest BCUT2D eigenvalue weighted by Gasteiger charge is 2.16. The van der Waals surface area contributed by atoms with Crippen LogP contribution < -0.4 is 10.1 Å². The van der Waals surface area contributed by atoms with Gasteiger partial charge in [-0.3, -0.25) is 0 Å². The van der Waals surface area contributed by atoms with Gasteiger partial charge in [0.2, 0.25) is 5.88 Å². The van der Waals surface area contributed by atoms with Gasteiger partial charge in [-0.25, -0.2) is 4.98 Å². The van der Waals surface area contributed by atoms with Crippen LogP contribution in [0, 0.1) is 13.8 Å². The van der Waals surface area contributed by atoms with Crippen molar-refractivity contribution in [2.24, 2.45) is 0 Å². The molecule has 0 aliphatic carbocycles. The summed E-state index contributed by atoms with van der Waals surface area (Å²) in [5.74, 6) is 0.719. The summed E-state index contributed by atoms with van der Waals surface area (Å²) >= 11 is 0. The molecule has 1 aromatic heterocycles. The quantitative estimate of drug-likeness (QED) is 0.837. The Balaban J connectivity index is 2.89. The van der Waals surface area contributed by atoms with Crippen LogP contribution >= 0.6 is 0 Å². The normalized spacial score (nSPS) is 13.3. The molecule has 1 atom stereocenters. The Morgan fingerprint density at radius 1 is 1.29 bits per heavy atom. The third-order valence-electron chi connectivity index (χ3n) is 3.10. The van der Waals surface area contributed by atoms with Gasteiger partial charge in [0, 0.05) is 29.9 Å². The van der Waals surface area contributed by atoms with Crippen LogP contribution in [0.25, 0.3) is 0 Å². The highest BCUT2D eigenvalue weighted by molar-refractivity contribution is 5.36. The van der Waals surface area contributed by atoms with E-state index in [1.54, 1.807) is 0 Å². The van der Waals surface area contributed by atoms with Crippen molar-refractivity contribution in [3.63, 3.8) is 0 Å². The van der Waals surface area contributed by atoms with E-state index in [0.717, 1.165) is 23.7 Å². The smallest absolute Gasteiger partial charge is 0.218 e. The van der Waals surface area contributed by atoms with Gasteiger partial charge in [-0.2, -0.15) is 0 Å². The van der Waals surface area contributed by atoms with Gasteiger partial charge in [-0.05, 0) is 60.1 Å². The molecule has 0 fully saturated rings. The van der Waals surface area contributed by atoms with Crippen molar-refractivity contribution in [3.05, 3.63) is 22.9 Å². The lowest BCUT2D eigenvalue weighted by atomic mass is 10.1. The summed E-state index contributed by atoms with van der Waals surface area (Å²) in [5.41, 5.74) is 3.37. The molecule has 0 saturated heterocycles. The largest absolute Gasteiger partial charge is 0.472 e. The molecule has 1 N–H and O–H groups in total. The van der Waals surface area contributed by atoms with Crippen LogP contribution in [-0.4, -0.2) is 29.8 Å². The first kappa shape index (κ1) is 17.9. The third kappa shape index (κ3) is 6.44. The maximum absolute atomic E-state index is 6.00. The second-order valence-corrected chi connectivity index (χ2v) is 6.56. The number of nitrogens with zero attached hydrogens (tertiary/aromatic N) is 1. The minimum absolute atomic E-state index is 0.00737. The van der Waals surface area contributed by atoms with Gasteiger partial charge in [-0.15, -0.1) is 0 Å². The zero-order valence-electron chi connectivity index (χ0n) is 14.5. The zero-order chi connectivity index (χ0) is 16.0. The Hall–Kier alpha value is -1.13. The number of aryl methyl sites for hydroxylation is 2. The Kier molecular flexibility index (Phi) is 6.62. The summed E-state index contributed by atoms with van der Waals surface area (Å²) in [6.45, 7) is 16.6. The molecule has 1 aromatic rings. The molecular weight excluding hydrogens is 264 g/mol. The molecule has 120 valence electrons. The number of hydrogen-bond acceptors (Lipinski definition) is 4. The minimum atomic E-state index is -0.00737. The van der Waals surface area contributed by atoms with E-state index < -0.39 is 0 Å². The van der Waals surface area contributed by atoms with Crippen molar-refractivity contribution in [2.45, 2.75) is 66.7 Å². The maximum atomic E-state index is 6.00. The van der Waals surface area contributed by atoms with E-state index in [1.807, 2.05) is 20.8 Å². The van der Waals surface area contributed by atoms with Gasteiger partial charge < -0.3 is 14.8 Å². The molecule has 21 heavy (non-hydrogen) atoms. The van der Waals surface area contributed by atoms with Crippen molar-refractivity contribution in [3.8, 4) is 5.88 Å². The summed E-state index contributed by atoms with van der Waals surface area (Å²) in [7, 11) is 0. The van der Waals surface area contributed by atoms with Gasteiger partial charge >= 0.3 is 0 Å². The van der Waals surface area contributed by atoms with Crippen LogP contribution in [0.3, 0.4) is 0 Å². The van der Waals surface area contributed by atoms with Crippen molar-refractivity contribution in [1.82, 2.24) is 10.3 Å². The number of hydrogen-bond donors (Lipinski definition) is 1. The molecule has 0 aromatic carbocycles. The Morgan fingerprint density at radius 3 is 2.52 bits per heavy atom. The molecule has 4 heteroatoms. The Bertz CT molecular complexity index is 453. The molecule has 0 spiro atoms. The van der Waals surface area contributed by atoms with Gasteiger partial charge in [0.1, 0.15) is 6.10 Å². The van der Waals surface area contributed by atoms with Crippen molar-refractivity contribution in [2.75, 3.05) is 13.2 Å². The number of rotatable bonds is 7. The lowest BCUT2D eigenvalue weighted by Crippen LogP contribution is -2.35. The van der Waals surface area contributed by atoms with E-state index in [0.29, 0.717) is 13.2 Å². The first-order chi connectivity index (χ1) is 9.73. The van der Waals surface area contributed by atoms with E-state index in [1.165, 1.54) is 5.56 Å². The fourth-order valence-electron chi connectivity index (χ4n) is 2.00.